The number of aryl methyl sites for hydroxylation is 1. The maximum atomic E-state index is 12.1. The lowest BCUT2D eigenvalue weighted by Crippen LogP contribution is -2.41. The summed E-state index contributed by atoms with van der Waals surface area (Å²) in [6.45, 7) is 2.04. The summed E-state index contributed by atoms with van der Waals surface area (Å²) >= 11 is 5.83. The van der Waals surface area contributed by atoms with E-state index in [1.807, 2.05) is 0 Å². The molecule has 0 unspecified atom stereocenters. The van der Waals surface area contributed by atoms with Crippen LogP contribution in [-0.2, 0) is 6.61 Å². The number of ether oxygens (including phenoxy) is 1. The summed E-state index contributed by atoms with van der Waals surface area (Å²) in [7, 11) is 0. The van der Waals surface area contributed by atoms with Gasteiger partial charge in [-0.15, -0.1) is 0 Å². The Morgan fingerprint density at radius 3 is 2.33 bits per heavy atom. The van der Waals surface area contributed by atoms with Gasteiger partial charge in [-0.1, -0.05) is 28.9 Å². The van der Waals surface area contributed by atoms with Crippen molar-refractivity contribution in [2.24, 2.45) is 0 Å². The Labute approximate surface area is 160 Å². The van der Waals surface area contributed by atoms with Crippen molar-refractivity contribution in [2.45, 2.75) is 13.5 Å². The highest BCUT2D eigenvalue weighted by Gasteiger charge is 2.13. The first-order valence-electron chi connectivity index (χ1n) is 8.02. The van der Waals surface area contributed by atoms with Crippen molar-refractivity contribution in [1.29, 1.82) is 0 Å². The van der Waals surface area contributed by atoms with Crippen molar-refractivity contribution < 1.29 is 18.8 Å². The first-order chi connectivity index (χ1) is 13.0. The molecule has 138 valence electrons. The smallest absolute Gasteiger partial charge is 0.308 e. The fraction of sp³-hybridized carbons (Fsp3) is 0.105. The zero-order valence-corrected chi connectivity index (χ0v) is 15.1. The second-order valence-electron chi connectivity index (χ2n) is 5.68. The molecule has 0 aliphatic carbocycles. The predicted molar refractivity (Wildman–Crippen MR) is 98.4 cm³/mol. The number of carbonyl (C=O) groups is 2. The molecule has 0 radical (unpaired) electrons. The zero-order chi connectivity index (χ0) is 19.2. The van der Waals surface area contributed by atoms with Crippen LogP contribution >= 0.6 is 11.6 Å². The van der Waals surface area contributed by atoms with Crippen LogP contribution in [0.3, 0.4) is 0 Å². The van der Waals surface area contributed by atoms with Crippen LogP contribution in [0, 0.1) is 6.92 Å². The molecule has 2 amide bonds. The minimum atomic E-state index is -0.586. The van der Waals surface area contributed by atoms with Crippen molar-refractivity contribution in [3.8, 4) is 5.75 Å². The third-order valence-corrected chi connectivity index (χ3v) is 3.83. The SMILES string of the molecule is Cc1cc(C(=O)NNC(=O)c2ccc(COc3ccc(Cl)cc3)cc2)on1. The van der Waals surface area contributed by atoms with Gasteiger partial charge in [-0.25, -0.2) is 0 Å². The predicted octanol–water partition coefficient (Wildman–Crippen LogP) is 3.29. The van der Waals surface area contributed by atoms with E-state index in [1.165, 1.54) is 6.07 Å². The number of nitrogens with zero attached hydrogens (tertiary/aromatic N) is 1. The van der Waals surface area contributed by atoms with Crippen LogP contribution in [0.4, 0.5) is 0 Å². The summed E-state index contributed by atoms with van der Waals surface area (Å²) in [6.07, 6.45) is 0. The highest BCUT2D eigenvalue weighted by molar-refractivity contribution is 6.30. The van der Waals surface area contributed by atoms with Gasteiger partial charge in [0.25, 0.3) is 5.91 Å². The Bertz CT molecular complexity index is 936. The highest BCUT2D eigenvalue weighted by atomic mass is 35.5. The number of amides is 2. The van der Waals surface area contributed by atoms with Crippen LogP contribution in [0.15, 0.2) is 59.1 Å². The normalized spacial score (nSPS) is 10.3. The first-order valence-corrected chi connectivity index (χ1v) is 8.40. The van der Waals surface area contributed by atoms with Gasteiger partial charge in [0.15, 0.2) is 0 Å². The standard InChI is InChI=1S/C19H16ClN3O4/c1-12-10-17(27-23-12)19(25)22-21-18(24)14-4-2-13(3-5-14)11-26-16-8-6-15(20)7-9-16/h2-10H,11H2,1H3,(H,21,24)(H,22,25). The van der Waals surface area contributed by atoms with Crippen LogP contribution in [0.5, 0.6) is 5.75 Å². The van der Waals surface area contributed by atoms with Gasteiger partial charge in [-0.3, -0.25) is 20.4 Å². The average Bonchev–Trinajstić information content (AvgIpc) is 3.12. The van der Waals surface area contributed by atoms with Crippen LogP contribution in [-0.4, -0.2) is 17.0 Å². The summed E-state index contributed by atoms with van der Waals surface area (Å²) in [6, 6.07) is 15.3. The van der Waals surface area contributed by atoms with Gasteiger partial charge in [0.2, 0.25) is 5.76 Å². The number of hydrazine groups is 1. The van der Waals surface area contributed by atoms with Crippen LogP contribution < -0.4 is 15.6 Å². The van der Waals surface area contributed by atoms with Crippen LogP contribution in [0.25, 0.3) is 0 Å². The van der Waals surface area contributed by atoms with Crippen molar-refractivity contribution in [2.75, 3.05) is 0 Å². The van der Waals surface area contributed by atoms with Gasteiger partial charge in [-0.2, -0.15) is 0 Å². The van der Waals surface area contributed by atoms with Gasteiger partial charge >= 0.3 is 5.91 Å². The Morgan fingerprint density at radius 2 is 1.70 bits per heavy atom. The lowest BCUT2D eigenvalue weighted by molar-refractivity contribution is 0.0825. The summed E-state index contributed by atoms with van der Waals surface area (Å²) in [5, 5.41) is 4.25. The Hall–Kier alpha value is -3.32. The fourth-order valence-electron chi connectivity index (χ4n) is 2.17. The van der Waals surface area contributed by atoms with Crippen molar-refractivity contribution >= 4 is 23.4 Å². The van der Waals surface area contributed by atoms with E-state index in [2.05, 4.69) is 16.0 Å². The molecular weight excluding hydrogens is 370 g/mol. The van der Waals surface area contributed by atoms with E-state index in [0.29, 0.717) is 28.6 Å². The number of benzene rings is 2. The molecule has 8 heteroatoms. The van der Waals surface area contributed by atoms with E-state index in [4.69, 9.17) is 20.9 Å². The molecule has 2 N–H and O–H groups in total. The number of nitrogens with one attached hydrogen (secondary N) is 2. The topological polar surface area (TPSA) is 93.5 Å². The second kappa shape index (κ2) is 8.37. The van der Waals surface area contributed by atoms with Gasteiger partial charge in [0.05, 0.1) is 5.69 Å². The molecule has 0 saturated carbocycles. The molecule has 0 fully saturated rings. The largest absolute Gasteiger partial charge is 0.489 e. The number of carbonyl (C=O) groups excluding carboxylic acids is 2. The first kappa shape index (κ1) is 18.5. The quantitative estimate of drug-likeness (QED) is 0.657. The van der Waals surface area contributed by atoms with Crippen molar-refractivity contribution in [3.05, 3.63) is 82.2 Å². The molecule has 0 aliphatic rings. The maximum absolute atomic E-state index is 12.1. The molecule has 27 heavy (non-hydrogen) atoms. The van der Waals surface area contributed by atoms with E-state index in [0.717, 1.165) is 5.56 Å². The number of hydrogen-bond acceptors (Lipinski definition) is 5. The molecular formula is C19H16ClN3O4. The van der Waals surface area contributed by atoms with E-state index >= 15 is 0 Å². The second-order valence-corrected chi connectivity index (χ2v) is 6.12. The van der Waals surface area contributed by atoms with Gasteiger partial charge in [0, 0.05) is 16.7 Å². The molecule has 0 spiro atoms. The number of rotatable bonds is 5. The maximum Gasteiger partial charge on any atom is 0.308 e. The summed E-state index contributed by atoms with van der Waals surface area (Å²) in [5.74, 6) is -0.323. The van der Waals surface area contributed by atoms with Crippen molar-refractivity contribution in [3.63, 3.8) is 0 Å². The molecule has 1 aromatic heterocycles. The lowest BCUT2D eigenvalue weighted by Gasteiger charge is -2.08. The highest BCUT2D eigenvalue weighted by Crippen LogP contribution is 2.17. The molecule has 0 bridgehead atoms. The number of halogens is 1. The molecule has 2 aromatic carbocycles. The lowest BCUT2D eigenvalue weighted by atomic mass is 10.1. The molecule has 1 heterocycles. The monoisotopic (exact) mass is 385 g/mol. The minimum absolute atomic E-state index is 0.0162. The molecule has 3 aromatic rings. The van der Waals surface area contributed by atoms with E-state index in [9.17, 15) is 9.59 Å². The van der Waals surface area contributed by atoms with Crippen LogP contribution in [0.1, 0.15) is 32.2 Å². The number of hydrogen-bond donors (Lipinski definition) is 2. The van der Waals surface area contributed by atoms with Gasteiger partial charge in [0.1, 0.15) is 12.4 Å². The zero-order valence-electron chi connectivity index (χ0n) is 14.4. The Balaban J connectivity index is 1.50. The Morgan fingerprint density at radius 1 is 1.04 bits per heavy atom. The molecule has 7 nitrogen and oxygen atoms in total. The fourth-order valence-corrected chi connectivity index (χ4v) is 2.29. The van der Waals surface area contributed by atoms with Crippen LogP contribution in [0.2, 0.25) is 5.02 Å². The van der Waals surface area contributed by atoms with E-state index in [1.54, 1.807) is 55.5 Å². The summed E-state index contributed by atoms with van der Waals surface area (Å²) < 4.78 is 10.5. The van der Waals surface area contributed by atoms with E-state index < -0.39 is 11.8 Å². The third-order valence-electron chi connectivity index (χ3n) is 3.58. The molecule has 3 rings (SSSR count). The van der Waals surface area contributed by atoms with Crippen molar-refractivity contribution in [1.82, 2.24) is 16.0 Å². The summed E-state index contributed by atoms with van der Waals surface area (Å²) in [5.41, 5.74) is 6.44. The van der Waals surface area contributed by atoms with Gasteiger partial charge in [-0.05, 0) is 48.9 Å². The third kappa shape index (κ3) is 5.08. The average molecular weight is 386 g/mol. The van der Waals surface area contributed by atoms with Gasteiger partial charge < -0.3 is 9.26 Å². The molecule has 0 saturated heterocycles. The Kier molecular flexibility index (Phi) is 5.73. The minimum Gasteiger partial charge on any atom is -0.489 e. The molecule has 0 aliphatic heterocycles. The molecule has 0 atom stereocenters. The van der Waals surface area contributed by atoms with E-state index in [-0.39, 0.29) is 5.76 Å². The summed E-state index contributed by atoms with van der Waals surface area (Å²) in [4.78, 5) is 23.9. The number of aromatic nitrogens is 1.